The van der Waals surface area contributed by atoms with Crippen LogP contribution in [0, 0.1) is 11.3 Å². The Morgan fingerprint density at radius 1 is 1.24 bits per heavy atom. The van der Waals surface area contributed by atoms with E-state index in [2.05, 4.69) is 28.5 Å². The van der Waals surface area contributed by atoms with E-state index >= 15 is 0 Å². The highest BCUT2D eigenvalue weighted by Crippen LogP contribution is 2.17. The Kier molecular flexibility index (Phi) is 3.31. The van der Waals surface area contributed by atoms with Crippen LogP contribution in [0.1, 0.15) is 18.1 Å². The summed E-state index contributed by atoms with van der Waals surface area (Å²) in [4.78, 5) is 0. The van der Waals surface area contributed by atoms with Crippen LogP contribution in [0.25, 0.3) is 0 Å². The maximum atomic E-state index is 8.92. The third kappa shape index (κ3) is 2.58. The number of hydrogen-bond donors (Lipinski definition) is 1. The number of nitrogens with one attached hydrogen (secondary N) is 1. The van der Waals surface area contributed by atoms with E-state index < -0.39 is 0 Å². The summed E-state index contributed by atoms with van der Waals surface area (Å²) >= 11 is 0. The van der Waals surface area contributed by atoms with Gasteiger partial charge in [0.1, 0.15) is 6.07 Å². The molecule has 1 aromatic carbocycles. The summed E-state index contributed by atoms with van der Waals surface area (Å²) in [5.41, 5.74) is 2.66. The van der Waals surface area contributed by atoms with Crippen molar-refractivity contribution in [1.82, 2.24) is 10.2 Å². The molecule has 0 atom stereocenters. The second-order valence-electron chi connectivity index (χ2n) is 3.58. The van der Waals surface area contributed by atoms with Crippen LogP contribution < -0.4 is 5.32 Å². The molecule has 0 aliphatic carbocycles. The van der Waals surface area contributed by atoms with Crippen LogP contribution in [0.2, 0.25) is 0 Å². The van der Waals surface area contributed by atoms with E-state index in [-0.39, 0.29) is 0 Å². The molecule has 1 aromatic heterocycles. The zero-order valence-corrected chi connectivity index (χ0v) is 9.51. The lowest BCUT2D eigenvalue weighted by Crippen LogP contribution is -1.98. The van der Waals surface area contributed by atoms with Crippen LogP contribution >= 0.6 is 0 Å². The Morgan fingerprint density at radius 2 is 2.00 bits per heavy atom. The minimum Gasteiger partial charge on any atom is -0.338 e. The minimum atomic E-state index is 0.485. The molecular weight excluding hydrogens is 212 g/mol. The first-order chi connectivity index (χ1) is 8.33. The van der Waals surface area contributed by atoms with Gasteiger partial charge in [-0.2, -0.15) is 10.4 Å². The number of benzene rings is 1. The van der Waals surface area contributed by atoms with Crippen molar-refractivity contribution in [2.45, 2.75) is 13.3 Å². The topological polar surface area (TPSA) is 61.6 Å². The Morgan fingerprint density at radius 3 is 2.65 bits per heavy atom. The molecule has 2 rings (SSSR count). The van der Waals surface area contributed by atoms with Crippen LogP contribution in [0.5, 0.6) is 0 Å². The lowest BCUT2D eigenvalue weighted by molar-refractivity contribution is 1.03. The van der Waals surface area contributed by atoms with E-state index in [0.29, 0.717) is 11.4 Å². The van der Waals surface area contributed by atoms with Gasteiger partial charge in [-0.3, -0.25) is 0 Å². The Hall–Kier alpha value is -2.41. The Balaban J connectivity index is 2.23. The highest BCUT2D eigenvalue weighted by atomic mass is 15.2. The van der Waals surface area contributed by atoms with Gasteiger partial charge < -0.3 is 5.32 Å². The molecule has 0 aliphatic rings. The van der Waals surface area contributed by atoms with Crippen molar-refractivity contribution in [2.24, 2.45) is 0 Å². The first-order valence-electron chi connectivity index (χ1n) is 5.41. The predicted octanol–water partition coefficient (Wildman–Crippen LogP) is 2.65. The van der Waals surface area contributed by atoms with Crippen molar-refractivity contribution in [3.63, 3.8) is 0 Å². The quantitative estimate of drug-likeness (QED) is 0.870. The van der Waals surface area contributed by atoms with E-state index in [1.807, 2.05) is 24.3 Å². The van der Waals surface area contributed by atoms with Crippen LogP contribution in [0.3, 0.4) is 0 Å². The monoisotopic (exact) mass is 224 g/mol. The molecule has 0 radical (unpaired) electrons. The van der Waals surface area contributed by atoms with Crippen LogP contribution in [-0.4, -0.2) is 10.2 Å². The van der Waals surface area contributed by atoms with E-state index in [1.165, 1.54) is 11.8 Å². The number of anilines is 2. The molecule has 84 valence electrons. The molecule has 1 heterocycles. The average Bonchev–Trinajstić information content (AvgIpc) is 2.40. The molecule has 0 aliphatic heterocycles. The molecule has 2 aromatic rings. The van der Waals surface area contributed by atoms with Gasteiger partial charge in [-0.15, -0.1) is 5.10 Å². The van der Waals surface area contributed by atoms with Gasteiger partial charge in [0.2, 0.25) is 0 Å². The lowest BCUT2D eigenvalue weighted by Gasteiger charge is -2.06. The van der Waals surface area contributed by atoms with Crippen molar-refractivity contribution in [1.29, 1.82) is 5.26 Å². The SMILES string of the molecule is CCc1ccc(Nc2nnccc2C#N)cc1. The maximum Gasteiger partial charge on any atom is 0.171 e. The summed E-state index contributed by atoms with van der Waals surface area (Å²) in [7, 11) is 0. The average molecular weight is 224 g/mol. The van der Waals surface area contributed by atoms with Crippen LogP contribution in [0.15, 0.2) is 36.5 Å². The fourth-order valence-corrected chi connectivity index (χ4v) is 1.47. The molecule has 0 spiro atoms. The van der Waals surface area contributed by atoms with Gasteiger partial charge in [0, 0.05) is 5.69 Å². The van der Waals surface area contributed by atoms with Gasteiger partial charge in [-0.25, -0.2) is 0 Å². The van der Waals surface area contributed by atoms with E-state index in [0.717, 1.165) is 12.1 Å². The zero-order chi connectivity index (χ0) is 12.1. The fraction of sp³-hybridized carbons (Fsp3) is 0.154. The number of aromatic nitrogens is 2. The molecule has 17 heavy (non-hydrogen) atoms. The smallest absolute Gasteiger partial charge is 0.171 e. The first kappa shape index (κ1) is 11.1. The predicted molar refractivity (Wildman–Crippen MR) is 65.8 cm³/mol. The fourth-order valence-electron chi connectivity index (χ4n) is 1.47. The van der Waals surface area contributed by atoms with Gasteiger partial charge in [0.15, 0.2) is 5.82 Å². The Bertz CT molecular complexity index is 540. The highest BCUT2D eigenvalue weighted by molar-refractivity contribution is 5.61. The minimum absolute atomic E-state index is 0.485. The van der Waals surface area contributed by atoms with Crippen molar-refractivity contribution in [3.8, 4) is 6.07 Å². The molecule has 0 amide bonds. The third-order valence-corrected chi connectivity index (χ3v) is 2.47. The molecule has 0 unspecified atom stereocenters. The summed E-state index contributed by atoms with van der Waals surface area (Å²) in [5.74, 6) is 0.485. The zero-order valence-electron chi connectivity index (χ0n) is 9.51. The standard InChI is InChI=1S/C13H12N4/c1-2-10-3-5-12(6-4-10)16-13-11(9-14)7-8-15-17-13/h3-8H,2H2,1H3,(H,16,17). The summed E-state index contributed by atoms with van der Waals surface area (Å²) in [6, 6.07) is 11.7. The van der Waals surface area contributed by atoms with Gasteiger partial charge in [0.25, 0.3) is 0 Å². The van der Waals surface area contributed by atoms with Gasteiger partial charge in [-0.05, 0) is 30.2 Å². The second kappa shape index (κ2) is 5.08. The van der Waals surface area contributed by atoms with E-state index in [9.17, 15) is 0 Å². The van der Waals surface area contributed by atoms with Crippen molar-refractivity contribution >= 4 is 11.5 Å². The lowest BCUT2D eigenvalue weighted by atomic mass is 10.1. The van der Waals surface area contributed by atoms with Gasteiger partial charge in [-0.1, -0.05) is 19.1 Å². The number of hydrogen-bond acceptors (Lipinski definition) is 4. The van der Waals surface area contributed by atoms with Crippen LogP contribution in [-0.2, 0) is 6.42 Å². The van der Waals surface area contributed by atoms with Crippen LogP contribution in [0.4, 0.5) is 11.5 Å². The van der Waals surface area contributed by atoms with E-state index in [1.54, 1.807) is 6.07 Å². The van der Waals surface area contributed by atoms with E-state index in [4.69, 9.17) is 5.26 Å². The molecule has 4 heteroatoms. The number of nitriles is 1. The van der Waals surface area contributed by atoms with Crippen molar-refractivity contribution in [2.75, 3.05) is 5.32 Å². The Labute approximate surface area is 99.9 Å². The number of aryl methyl sites for hydroxylation is 1. The molecule has 0 saturated carbocycles. The molecule has 4 nitrogen and oxygen atoms in total. The molecule has 1 N–H and O–H groups in total. The maximum absolute atomic E-state index is 8.92. The summed E-state index contributed by atoms with van der Waals surface area (Å²) in [5, 5.41) is 19.7. The van der Waals surface area contributed by atoms with Crippen molar-refractivity contribution < 1.29 is 0 Å². The number of nitrogens with zero attached hydrogens (tertiary/aromatic N) is 3. The first-order valence-corrected chi connectivity index (χ1v) is 5.41. The molecule has 0 bridgehead atoms. The largest absolute Gasteiger partial charge is 0.338 e. The summed E-state index contributed by atoms with van der Waals surface area (Å²) in [6.45, 7) is 2.11. The molecule has 0 saturated heterocycles. The number of rotatable bonds is 3. The molecule has 0 fully saturated rings. The second-order valence-corrected chi connectivity index (χ2v) is 3.58. The van der Waals surface area contributed by atoms with Gasteiger partial charge in [0.05, 0.1) is 11.8 Å². The summed E-state index contributed by atoms with van der Waals surface area (Å²) in [6.07, 6.45) is 2.51. The summed E-state index contributed by atoms with van der Waals surface area (Å²) < 4.78 is 0. The third-order valence-electron chi connectivity index (χ3n) is 2.47. The highest BCUT2D eigenvalue weighted by Gasteiger charge is 2.03. The van der Waals surface area contributed by atoms with Gasteiger partial charge >= 0.3 is 0 Å². The normalized spacial score (nSPS) is 9.65. The molecular formula is C13H12N4. The van der Waals surface area contributed by atoms with Crippen molar-refractivity contribution in [3.05, 3.63) is 47.7 Å².